The predicted molar refractivity (Wildman–Crippen MR) is 140 cm³/mol. The van der Waals surface area contributed by atoms with Gasteiger partial charge in [0.1, 0.15) is 17.1 Å². The summed E-state index contributed by atoms with van der Waals surface area (Å²) in [6.07, 6.45) is 0. The van der Waals surface area contributed by atoms with Gasteiger partial charge in [-0.15, -0.1) is 0 Å². The van der Waals surface area contributed by atoms with Crippen molar-refractivity contribution < 1.29 is 23.4 Å². The third-order valence-corrected chi connectivity index (χ3v) is 6.82. The summed E-state index contributed by atoms with van der Waals surface area (Å²) in [6.45, 7) is 0.401. The van der Waals surface area contributed by atoms with Crippen LogP contribution in [0, 0.1) is 0 Å². The number of carbonyl (C=O) groups is 1. The van der Waals surface area contributed by atoms with E-state index in [-0.39, 0.29) is 30.4 Å². The zero-order valence-corrected chi connectivity index (χ0v) is 20.1. The van der Waals surface area contributed by atoms with Crippen LogP contribution in [0.1, 0.15) is 33.3 Å². The second-order valence-corrected chi connectivity index (χ2v) is 9.18. The molecule has 5 aromatic rings. The van der Waals surface area contributed by atoms with E-state index in [1.54, 1.807) is 29.2 Å². The molecule has 38 heavy (non-hydrogen) atoms. The maximum absolute atomic E-state index is 13.8. The lowest BCUT2D eigenvalue weighted by Gasteiger charge is -2.25. The Hall–Kier alpha value is -5.04. The van der Waals surface area contributed by atoms with E-state index in [1.165, 1.54) is 0 Å². The van der Waals surface area contributed by atoms with Crippen molar-refractivity contribution in [2.24, 2.45) is 0 Å². The van der Waals surface area contributed by atoms with Gasteiger partial charge < -0.3 is 23.5 Å². The van der Waals surface area contributed by atoms with Gasteiger partial charge >= 0.3 is 0 Å². The summed E-state index contributed by atoms with van der Waals surface area (Å²) in [5.41, 5.74) is 2.08. The molecule has 0 saturated carbocycles. The average Bonchev–Trinajstić information content (AvgIpc) is 3.52. The fraction of sp³-hybridized carbons (Fsp3) is 0.0968. The van der Waals surface area contributed by atoms with Crippen LogP contribution in [0.2, 0.25) is 0 Å². The van der Waals surface area contributed by atoms with Crippen LogP contribution in [0.25, 0.3) is 11.0 Å². The summed E-state index contributed by atoms with van der Waals surface area (Å²) in [6, 6.07) is 28.8. The predicted octanol–water partition coefficient (Wildman–Crippen LogP) is 6.06. The Morgan fingerprint density at radius 3 is 2.47 bits per heavy atom. The van der Waals surface area contributed by atoms with Gasteiger partial charge in [0.15, 0.2) is 16.9 Å². The normalized spacial score (nSPS) is 15.6. The Morgan fingerprint density at radius 2 is 1.58 bits per heavy atom. The van der Waals surface area contributed by atoms with E-state index in [1.807, 2.05) is 72.8 Å². The van der Waals surface area contributed by atoms with Crippen molar-refractivity contribution in [1.29, 1.82) is 0 Å². The molecular weight excluding hydrogens is 482 g/mol. The van der Waals surface area contributed by atoms with Gasteiger partial charge in [0.25, 0.3) is 5.91 Å². The summed E-state index contributed by atoms with van der Waals surface area (Å²) in [5, 5.41) is 0.436. The molecule has 0 aliphatic carbocycles. The van der Waals surface area contributed by atoms with Crippen molar-refractivity contribution in [3.63, 3.8) is 0 Å². The first-order chi connectivity index (χ1) is 18.7. The van der Waals surface area contributed by atoms with Gasteiger partial charge in [-0.05, 0) is 59.7 Å². The number of nitrogens with zero attached hydrogens (tertiary/aromatic N) is 1. The van der Waals surface area contributed by atoms with Crippen LogP contribution in [0.15, 0.2) is 106 Å². The highest BCUT2D eigenvalue weighted by atomic mass is 16.7. The molecule has 7 heteroatoms. The average molecular weight is 504 g/mol. The Balaban J connectivity index is 1.35. The van der Waals surface area contributed by atoms with Crippen LogP contribution in [-0.4, -0.2) is 17.6 Å². The van der Waals surface area contributed by atoms with Crippen molar-refractivity contribution in [2.75, 3.05) is 6.79 Å². The molecule has 1 amide bonds. The van der Waals surface area contributed by atoms with Crippen molar-refractivity contribution in [1.82, 2.24) is 4.90 Å². The number of benzene rings is 4. The zero-order chi connectivity index (χ0) is 25.6. The minimum Gasteiger partial charge on any atom is -0.457 e. The Bertz CT molecular complexity index is 1760. The molecule has 4 aromatic carbocycles. The second-order valence-electron chi connectivity index (χ2n) is 9.18. The van der Waals surface area contributed by atoms with Crippen LogP contribution in [0.3, 0.4) is 0 Å². The Kier molecular flexibility index (Phi) is 5.14. The molecule has 7 nitrogen and oxygen atoms in total. The largest absolute Gasteiger partial charge is 0.457 e. The van der Waals surface area contributed by atoms with Gasteiger partial charge in [0.2, 0.25) is 12.6 Å². The summed E-state index contributed by atoms with van der Waals surface area (Å²) in [5.74, 6) is 2.29. The molecule has 0 bridgehead atoms. The van der Waals surface area contributed by atoms with Gasteiger partial charge in [-0.25, -0.2) is 0 Å². The molecular formula is C31H21NO6. The molecule has 0 N–H and O–H groups in total. The lowest BCUT2D eigenvalue weighted by molar-refractivity contribution is 0.0714. The van der Waals surface area contributed by atoms with Gasteiger partial charge in [0, 0.05) is 6.54 Å². The van der Waals surface area contributed by atoms with Crippen LogP contribution in [0.5, 0.6) is 23.0 Å². The monoisotopic (exact) mass is 503 g/mol. The van der Waals surface area contributed by atoms with Gasteiger partial charge in [-0.2, -0.15) is 0 Å². The maximum Gasteiger partial charge on any atom is 0.291 e. The first-order valence-corrected chi connectivity index (χ1v) is 12.2. The molecule has 186 valence electrons. The molecule has 0 fully saturated rings. The molecule has 7 rings (SSSR count). The molecule has 1 unspecified atom stereocenters. The molecule has 3 heterocycles. The molecule has 1 aromatic heterocycles. The second kappa shape index (κ2) is 8.81. The van der Waals surface area contributed by atoms with Crippen molar-refractivity contribution in [2.45, 2.75) is 12.6 Å². The first-order valence-electron chi connectivity index (χ1n) is 12.2. The smallest absolute Gasteiger partial charge is 0.291 e. The molecule has 0 radical (unpaired) electrons. The van der Waals surface area contributed by atoms with Crippen molar-refractivity contribution >= 4 is 16.9 Å². The van der Waals surface area contributed by atoms with E-state index in [9.17, 15) is 9.59 Å². The quantitative estimate of drug-likeness (QED) is 0.290. The zero-order valence-electron chi connectivity index (χ0n) is 20.1. The molecule has 2 aliphatic heterocycles. The van der Waals surface area contributed by atoms with E-state index in [4.69, 9.17) is 18.6 Å². The maximum atomic E-state index is 13.8. The minimum absolute atomic E-state index is 0.0637. The fourth-order valence-electron chi connectivity index (χ4n) is 5.09. The number of para-hydroxylation sites is 2. The van der Waals surface area contributed by atoms with Gasteiger partial charge in [-0.3, -0.25) is 9.59 Å². The highest BCUT2D eigenvalue weighted by Crippen LogP contribution is 2.41. The third-order valence-electron chi connectivity index (χ3n) is 6.82. The molecule has 1 atom stereocenters. The number of amides is 1. The van der Waals surface area contributed by atoms with Crippen molar-refractivity contribution in [3.8, 4) is 23.0 Å². The van der Waals surface area contributed by atoms with Gasteiger partial charge in [-0.1, -0.05) is 48.5 Å². The fourth-order valence-corrected chi connectivity index (χ4v) is 5.09. The Morgan fingerprint density at radius 1 is 0.789 bits per heavy atom. The molecule has 2 aliphatic rings. The van der Waals surface area contributed by atoms with E-state index >= 15 is 0 Å². The van der Waals surface area contributed by atoms with Crippen molar-refractivity contribution in [3.05, 3.63) is 130 Å². The van der Waals surface area contributed by atoms with Crippen LogP contribution >= 0.6 is 0 Å². The highest BCUT2D eigenvalue weighted by Gasteiger charge is 2.43. The van der Waals surface area contributed by atoms with Crippen LogP contribution < -0.4 is 19.6 Å². The van der Waals surface area contributed by atoms with E-state index in [0.29, 0.717) is 39.5 Å². The highest BCUT2D eigenvalue weighted by molar-refractivity contribution is 5.99. The molecule has 0 spiro atoms. The van der Waals surface area contributed by atoms with Gasteiger partial charge in [0.05, 0.1) is 17.0 Å². The number of rotatable bonds is 5. The summed E-state index contributed by atoms with van der Waals surface area (Å²) in [7, 11) is 0. The number of ether oxygens (including phenoxy) is 3. The first kappa shape index (κ1) is 22.2. The number of carbonyl (C=O) groups excluding carboxylic acids is 1. The number of hydrogen-bond acceptors (Lipinski definition) is 6. The third kappa shape index (κ3) is 3.67. The number of hydrogen-bond donors (Lipinski definition) is 0. The summed E-state index contributed by atoms with van der Waals surface area (Å²) in [4.78, 5) is 29.2. The SMILES string of the molecule is O=C1c2oc3ccccc3c(=O)c2C(c2cccc(Oc3ccccc3)c2)N1Cc1ccc2c(c1)OCO2. The lowest BCUT2D eigenvalue weighted by Crippen LogP contribution is -2.29. The van der Waals surface area contributed by atoms with E-state index in [2.05, 4.69) is 0 Å². The van der Waals surface area contributed by atoms with E-state index in [0.717, 1.165) is 11.1 Å². The Labute approximate surface area is 217 Å². The van der Waals surface area contributed by atoms with E-state index < -0.39 is 6.04 Å². The summed E-state index contributed by atoms with van der Waals surface area (Å²) < 4.78 is 23.1. The molecule has 0 saturated heterocycles. The topological polar surface area (TPSA) is 78.2 Å². The lowest BCUT2D eigenvalue weighted by atomic mass is 9.98. The minimum atomic E-state index is -0.664. The van der Waals surface area contributed by atoms with Crippen LogP contribution in [0.4, 0.5) is 0 Å². The number of fused-ring (bicyclic) bond motifs is 3. The van der Waals surface area contributed by atoms with Crippen LogP contribution in [-0.2, 0) is 6.54 Å². The summed E-state index contributed by atoms with van der Waals surface area (Å²) >= 11 is 0. The standard InChI is InChI=1S/C31H21NO6/c33-29-23-11-4-5-12-24(23)38-30-27(29)28(20-7-6-10-22(16-20)37-21-8-2-1-3-9-21)32(31(30)34)17-19-13-14-25-26(15-19)36-18-35-25/h1-16,28H,17-18H2.